The number of aromatic nitrogens is 1. The Balaban J connectivity index is 2.23. The highest BCUT2D eigenvalue weighted by Gasteiger charge is 2.30. The molecule has 0 radical (unpaired) electrons. The summed E-state index contributed by atoms with van der Waals surface area (Å²) in [6.07, 6.45) is 1.65. The lowest BCUT2D eigenvalue weighted by Gasteiger charge is -2.24. The van der Waals surface area contributed by atoms with Gasteiger partial charge in [0, 0.05) is 6.20 Å². The number of nitrogens with zero attached hydrogens (tertiary/aromatic N) is 1. The summed E-state index contributed by atoms with van der Waals surface area (Å²) in [7, 11) is 0. The number of hydrogen-bond acceptors (Lipinski definition) is 2. The van der Waals surface area contributed by atoms with Gasteiger partial charge in [0.1, 0.15) is 5.82 Å². The van der Waals surface area contributed by atoms with Crippen molar-refractivity contribution < 1.29 is 4.79 Å². The molecule has 0 atom stereocenters. The van der Waals surface area contributed by atoms with Gasteiger partial charge in [0.15, 0.2) is 0 Å². The molecular weight excluding hydrogens is 304 g/mol. The van der Waals surface area contributed by atoms with Gasteiger partial charge >= 0.3 is 0 Å². The third kappa shape index (κ3) is 3.01. The molecule has 1 heterocycles. The third-order valence-electron chi connectivity index (χ3n) is 3.05. The maximum atomic E-state index is 12.4. The van der Waals surface area contributed by atoms with Crippen molar-refractivity contribution in [2.75, 3.05) is 5.32 Å². The number of amides is 1. The van der Waals surface area contributed by atoms with Crippen LogP contribution in [0.4, 0.5) is 5.82 Å². The summed E-state index contributed by atoms with van der Waals surface area (Å²) in [6.45, 7) is 3.79. The van der Waals surface area contributed by atoms with E-state index in [1.807, 2.05) is 56.3 Å². The second kappa shape index (κ2) is 5.53. The SMILES string of the molecule is CC(C)(C(=O)Nc1ncccc1Br)c1ccccc1. The van der Waals surface area contributed by atoms with Gasteiger partial charge in [-0.05, 0) is 47.5 Å². The Kier molecular flexibility index (Phi) is 4.00. The van der Waals surface area contributed by atoms with E-state index in [1.54, 1.807) is 6.20 Å². The Morgan fingerprint density at radius 1 is 1.16 bits per heavy atom. The monoisotopic (exact) mass is 318 g/mol. The third-order valence-corrected chi connectivity index (χ3v) is 3.69. The zero-order chi connectivity index (χ0) is 13.9. The zero-order valence-electron chi connectivity index (χ0n) is 10.9. The van der Waals surface area contributed by atoms with Crippen LogP contribution in [-0.2, 0) is 10.2 Å². The molecular formula is C15H15BrN2O. The van der Waals surface area contributed by atoms with Crippen molar-refractivity contribution >= 4 is 27.7 Å². The summed E-state index contributed by atoms with van der Waals surface area (Å²) < 4.78 is 0.771. The van der Waals surface area contributed by atoms with Crippen molar-refractivity contribution in [3.05, 3.63) is 58.7 Å². The molecule has 0 unspecified atom stereocenters. The highest BCUT2D eigenvalue weighted by Crippen LogP contribution is 2.26. The molecule has 19 heavy (non-hydrogen) atoms. The fourth-order valence-corrected chi connectivity index (χ4v) is 2.08. The predicted octanol–water partition coefficient (Wildman–Crippen LogP) is 3.76. The van der Waals surface area contributed by atoms with E-state index in [2.05, 4.69) is 26.2 Å². The van der Waals surface area contributed by atoms with Crippen molar-refractivity contribution in [2.45, 2.75) is 19.3 Å². The highest BCUT2D eigenvalue weighted by molar-refractivity contribution is 9.10. The molecule has 3 nitrogen and oxygen atoms in total. The molecule has 0 fully saturated rings. The molecule has 0 saturated heterocycles. The van der Waals surface area contributed by atoms with Crippen LogP contribution in [0.25, 0.3) is 0 Å². The summed E-state index contributed by atoms with van der Waals surface area (Å²) >= 11 is 3.37. The molecule has 0 bridgehead atoms. The van der Waals surface area contributed by atoms with Crippen LogP contribution in [0.2, 0.25) is 0 Å². The topological polar surface area (TPSA) is 42.0 Å². The fraction of sp³-hybridized carbons (Fsp3) is 0.200. The number of benzene rings is 1. The van der Waals surface area contributed by atoms with Crippen molar-refractivity contribution in [1.29, 1.82) is 0 Å². The van der Waals surface area contributed by atoms with Crippen LogP contribution in [0, 0.1) is 0 Å². The van der Waals surface area contributed by atoms with E-state index in [0.717, 1.165) is 10.0 Å². The molecule has 1 amide bonds. The maximum absolute atomic E-state index is 12.4. The molecule has 1 N–H and O–H groups in total. The minimum Gasteiger partial charge on any atom is -0.309 e. The summed E-state index contributed by atoms with van der Waals surface area (Å²) in [5, 5.41) is 2.85. The Bertz CT molecular complexity index is 582. The van der Waals surface area contributed by atoms with E-state index < -0.39 is 5.41 Å². The minimum absolute atomic E-state index is 0.0851. The first-order chi connectivity index (χ1) is 9.01. The van der Waals surface area contributed by atoms with Crippen molar-refractivity contribution in [1.82, 2.24) is 4.98 Å². The molecule has 0 aliphatic heterocycles. The lowest BCUT2D eigenvalue weighted by molar-refractivity contribution is -0.120. The average molecular weight is 319 g/mol. The second-order valence-electron chi connectivity index (χ2n) is 4.78. The molecule has 2 rings (SSSR count). The van der Waals surface area contributed by atoms with Crippen LogP contribution in [0.1, 0.15) is 19.4 Å². The highest BCUT2D eigenvalue weighted by atomic mass is 79.9. The largest absolute Gasteiger partial charge is 0.309 e. The Morgan fingerprint density at radius 3 is 2.47 bits per heavy atom. The van der Waals surface area contributed by atoms with Gasteiger partial charge in [-0.15, -0.1) is 0 Å². The van der Waals surface area contributed by atoms with E-state index in [4.69, 9.17) is 0 Å². The number of carbonyl (C=O) groups is 1. The number of halogens is 1. The first kappa shape index (κ1) is 13.7. The van der Waals surface area contributed by atoms with E-state index in [0.29, 0.717) is 5.82 Å². The molecule has 98 valence electrons. The lowest BCUT2D eigenvalue weighted by atomic mass is 9.84. The van der Waals surface area contributed by atoms with Gasteiger partial charge in [-0.1, -0.05) is 30.3 Å². The molecule has 0 aliphatic rings. The van der Waals surface area contributed by atoms with Crippen molar-refractivity contribution in [3.63, 3.8) is 0 Å². The van der Waals surface area contributed by atoms with Crippen LogP contribution in [0.3, 0.4) is 0 Å². The van der Waals surface area contributed by atoms with E-state index in [-0.39, 0.29) is 5.91 Å². The number of rotatable bonds is 3. The molecule has 4 heteroatoms. The predicted molar refractivity (Wildman–Crippen MR) is 80.0 cm³/mol. The van der Waals surface area contributed by atoms with Crippen molar-refractivity contribution in [3.8, 4) is 0 Å². The summed E-state index contributed by atoms with van der Waals surface area (Å²) in [5.41, 5.74) is 0.359. The van der Waals surface area contributed by atoms with Gasteiger partial charge in [0.05, 0.1) is 9.89 Å². The molecule has 0 saturated carbocycles. The first-order valence-electron chi connectivity index (χ1n) is 5.99. The quantitative estimate of drug-likeness (QED) is 0.936. The van der Waals surface area contributed by atoms with Gasteiger partial charge in [-0.25, -0.2) is 4.98 Å². The number of anilines is 1. The van der Waals surface area contributed by atoms with Crippen LogP contribution < -0.4 is 5.32 Å². The number of pyridine rings is 1. The molecule has 1 aromatic heterocycles. The maximum Gasteiger partial charge on any atom is 0.235 e. The Labute approximate surface area is 121 Å². The van der Waals surface area contributed by atoms with Gasteiger partial charge in [-0.3, -0.25) is 4.79 Å². The first-order valence-corrected chi connectivity index (χ1v) is 6.78. The van der Waals surface area contributed by atoms with Crippen LogP contribution >= 0.6 is 15.9 Å². The standard InChI is InChI=1S/C15H15BrN2O/c1-15(2,11-7-4-3-5-8-11)14(19)18-13-12(16)9-6-10-17-13/h3-10H,1-2H3,(H,17,18,19). The molecule has 1 aromatic carbocycles. The summed E-state index contributed by atoms with van der Waals surface area (Å²) in [5.74, 6) is 0.453. The zero-order valence-corrected chi connectivity index (χ0v) is 12.4. The number of nitrogens with one attached hydrogen (secondary N) is 1. The van der Waals surface area contributed by atoms with E-state index in [1.165, 1.54) is 0 Å². The lowest BCUT2D eigenvalue weighted by Crippen LogP contribution is -2.35. The number of carbonyl (C=O) groups excluding carboxylic acids is 1. The molecule has 0 spiro atoms. The van der Waals surface area contributed by atoms with Gasteiger partial charge < -0.3 is 5.32 Å². The Morgan fingerprint density at radius 2 is 1.84 bits per heavy atom. The normalized spacial score (nSPS) is 11.1. The summed E-state index contributed by atoms with van der Waals surface area (Å²) in [6, 6.07) is 13.4. The van der Waals surface area contributed by atoms with Gasteiger partial charge in [0.2, 0.25) is 5.91 Å². The second-order valence-corrected chi connectivity index (χ2v) is 5.63. The molecule has 0 aliphatic carbocycles. The molecule has 2 aromatic rings. The van der Waals surface area contributed by atoms with Crippen LogP contribution in [-0.4, -0.2) is 10.9 Å². The summed E-state index contributed by atoms with van der Waals surface area (Å²) in [4.78, 5) is 16.6. The number of hydrogen-bond donors (Lipinski definition) is 1. The minimum atomic E-state index is -0.613. The van der Waals surface area contributed by atoms with E-state index >= 15 is 0 Å². The van der Waals surface area contributed by atoms with E-state index in [9.17, 15) is 4.79 Å². The van der Waals surface area contributed by atoms with Gasteiger partial charge in [0.25, 0.3) is 0 Å². The Hall–Kier alpha value is -1.68. The van der Waals surface area contributed by atoms with Gasteiger partial charge in [-0.2, -0.15) is 0 Å². The van der Waals surface area contributed by atoms with Crippen LogP contribution in [0.15, 0.2) is 53.1 Å². The van der Waals surface area contributed by atoms with Crippen molar-refractivity contribution in [2.24, 2.45) is 0 Å². The van der Waals surface area contributed by atoms with Crippen LogP contribution in [0.5, 0.6) is 0 Å². The fourth-order valence-electron chi connectivity index (χ4n) is 1.73. The average Bonchev–Trinajstić information content (AvgIpc) is 2.42. The smallest absolute Gasteiger partial charge is 0.235 e.